The second-order valence-electron chi connectivity index (χ2n) is 5.10. The molecule has 1 heterocycles. The summed E-state index contributed by atoms with van der Waals surface area (Å²) in [5.74, 6) is 0.548. The Hall–Kier alpha value is -3.08. The summed E-state index contributed by atoms with van der Waals surface area (Å²) in [5, 5.41) is 7.23. The fourth-order valence-electron chi connectivity index (χ4n) is 2.29. The number of benzene rings is 2. The predicted octanol–water partition coefficient (Wildman–Crippen LogP) is 3.44. The van der Waals surface area contributed by atoms with Gasteiger partial charge in [-0.15, -0.1) is 0 Å². The van der Waals surface area contributed by atoms with Crippen LogP contribution in [0.3, 0.4) is 0 Å². The van der Waals surface area contributed by atoms with Crippen molar-refractivity contribution in [1.29, 1.82) is 0 Å². The first-order valence-electron chi connectivity index (χ1n) is 7.25. The van der Waals surface area contributed by atoms with E-state index in [4.69, 9.17) is 4.74 Å². The number of methoxy groups -OCH3 is 1. The van der Waals surface area contributed by atoms with E-state index in [2.05, 4.69) is 10.4 Å². The van der Waals surface area contributed by atoms with Crippen molar-refractivity contribution < 1.29 is 9.53 Å². The van der Waals surface area contributed by atoms with Crippen LogP contribution >= 0.6 is 0 Å². The summed E-state index contributed by atoms with van der Waals surface area (Å²) in [4.78, 5) is 12.3. The topological polar surface area (TPSA) is 56.2 Å². The number of carbonyl (C=O) groups is 1. The van der Waals surface area contributed by atoms with E-state index in [-0.39, 0.29) is 5.91 Å². The number of hydrogen-bond donors (Lipinski definition) is 1. The zero-order valence-corrected chi connectivity index (χ0v) is 13.0. The molecule has 0 saturated carbocycles. The van der Waals surface area contributed by atoms with Crippen molar-refractivity contribution in [3.05, 3.63) is 72.1 Å². The zero-order valence-electron chi connectivity index (χ0n) is 13.0. The first kappa shape index (κ1) is 14.8. The third-order valence-electron chi connectivity index (χ3n) is 3.47. The van der Waals surface area contributed by atoms with Crippen molar-refractivity contribution in [2.45, 2.75) is 6.92 Å². The van der Waals surface area contributed by atoms with Gasteiger partial charge in [-0.2, -0.15) is 5.10 Å². The number of nitrogens with one attached hydrogen (secondary N) is 1. The van der Waals surface area contributed by atoms with E-state index >= 15 is 0 Å². The van der Waals surface area contributed by atoms with Crippen LogP contribution in [0.2, 0.25) is 0 Å². The number of ether oxygens (including phenoxy) is 1. The van der Waals surface area contributed by atoms with Crippen molar-refractivity contribution in [2.24, 2.45) is 0 Å². The van der Waals surface area contributed by atoms with Gasteiger partial charge in [0.1, 0.15) is 5.75 Å². The second kappa shape index (κ2) is 6.36. The number of carbonyl (C=O) groups excluding carboxylic acids is 1. The fraction of sp³-hybridized carbons (Fsp3) is 0.111. The minimum Gasteiger partial charge on any atom is -0.497 e. The van der Waals surface area contributed by atoms with E-state index in [0.29, 0.717) is 5.69 Å². The van der Waals surface area contributed by atoms with E-state index in [1.54, 1.807) is 17.9 Å². The summed E-state index contributed by atoms with van der Waals surface area (Å²) >= 11 is 0. The third kappa shape index (κ3) is 3.23. The highest BCUT2D eigenvalue weighted by atomic mass is 16.5. The van der Waals surface area contributed by atoms with Gasteiger partial charge in [0.15, 0.2) is 5.69 Å². The van der Waals surface area contributed by atoms with Gasteiger partial charge < -0.3 is 10.1 Å². The number of aryl methyl sites for hydroxylation is 1. The average molecular weight is 307 g/mol. The number of anilines is 1. The highest BCUT2D eigenvalue weighted by Crippen LogP contribution is 2.17. The maximum Gasteiger partial charge on any atom is 0.276 e. The van der Waals surface area contributed by atoms with Crippen LogP contribution in [0, 0.1) is 6.92 Å². The molecule has 0 radical (unpaired) electrons. The Balaban J connectivity index is 1.83. The lowest BCUT2D eigenvalue weighted by Gasteiger charge is -2.05. The quantitative estimate of drug-likeness (QED) is 0.803. The van der Waals surface area contributed by atoms with Gasteiger partial charge in [-0.05, 0) is 49.4 Å². The maximum atomic E-state index is 12.3. The Morgan fingerprint density at radius 2 is 1.78 bits per heavy atom. The van der Waals surface area contributed by atoms with Crippen LogP contribution in [0.15, 0.2) is 60.7 Å². The molecule has 1 aromatic heterocycles. The van der Waals surface area contributed by atoms with Crippen molar-refractivity contribution in [3.8, 4) is 11.4 Å². The zero-order chi connectivity index (χ0) is 16.2. The molecule has 0 aliphatic rings. The second-order valence-corrected chi connectivity index (χ2v) is 5.10. The summed E-state index contributed by atoms with van der Waals surface area (Å²) in [7, 11) is 1.63. The summed E-state index contributed by atoms with van der Waals surface area (Å²) in [6.45, 7) is 1.91. The lowest BCUT2D eigenvalue weighted by atomic mass is 10.3. The Morgan fingerprint density at radius 1 is 1.09 bits per heavy atom. The van der Waals surface area contributed by atoms with Crippen LogP contribution in [0.1, 0.15) is 16.2 Å². The molecule has 0 saturated heterocycles. The molecule has 0 atom stereocenters. The van der Waals surface area contributed by atoms with Crippen molar-refractivity contribution in [3.63, 3.8) is 0 Å². The van der Waals surface area contributed by atoms with Crippen molar-refractivity contribution in [1.82, 2.24) is 9.78 Å². The Labute approximate surface area is 134 Å². The molecule has 1 amide bonds. The third-order valence-corrected chi connectivity index (χ3v) is 3.47. The molecule has 5 nitrogen and oxygen atoms in total. The van der Waals surface area contributed by atoms with Gasteiger partial charge in [-0.25, -0.2) is 4.68 Å². The van der Waals surface area contributed by atoms with Crippen LogP contribution in [0.25, 0.3) is 5.69 Å². The van der Waals surface area contributed by atoms with Gasteiger partial charge in [-0.3, -0.25) is 4.79 Å². The fourth-order valence-corrected chi connectivity index (χ4v) is 2.29. The van der Waals surface area contributed by atoms with E-state index in [0.717, 1.165) is 22.8 Å². The van der Waals surface area contributed by atoms with E-state index in [1.807, 2.05) is 61.5 Å². The summed E-state index contributed by atoms with van der Waals surface area (Å²) in [6, 6.07) is 18.6. The molecule has 3 rings (SSSR count). The molecular weight excluding hydrogens is 290 g/mol. The minimum atomic E-state index is -0.230. The molecule has 23 heavy (non-hydrogen) atoms. The van der Waals surface area contributed by atoms with Crippen molar-refractivity contribution in [2.75, 3.05) is 12.4 Å². The lowest BCUT2D eigenvalue weighted by molar-refractivity contribution is 0.102. The highest BCUT2D eigenvalue weighted by molar-refractivity contribution is 6.02. The molecule has 0 aliphatic heterocycles. The van der Waals surface area contributed by atoms with E-state index in [9.17, 15) is 4.79 Å². The number of amides is 1. The Kier molecular flexibility index (Phi) is 4.10. The summed E-state index contributed by atoms with van der Waals surface area (Å²) in [6.07, 6.45) is 0. The van der Waals surface area contributed by atoms with Gasteiger partial charge in [-0.1, -0.05) is 18.2 Å². The molecule has 1 N–H and O–H groups in total. The normalized spacial score (nSPS) is 10.3. The number of hydrogen-bond acceptors (Lipinski definition) is 3. The number of aromatic nitrogens is 2. The SMILES string of the molecule is COc1ccc(-n2nc(C(=O)Nc3ccccc3)cc2C)cc1. The average Bonchev–Trinajstić information content (AvgIpc) is 2.98. The predicted molar refractivity (Wildman–Crippen MR) is 89.2 cm³/mol. The molecule has 0 bridgehead atoms. The van der Waals surface area contributed by atoms with Gasteiger partial charge in [0, 0.05) is 11.4 Å². The number of nitrogens with zero attached hydrogens (tertiary/aromatic N) is 2. The van der Waals surface area contributed by atoms with Crippen LogP contribution < -0.4 is 10.1 Å². The summed E-state index contributed by atoms with van der Waals surface area (Å²) < 4.78 is 6.89. The molecule has 0 fully saturated rings. The molecular formula is C18H17N3O2. The molecule has 5 heteroatoms. The number of para-hydroxylation sites is 1. The molecule has 0 spiro atoms. The molecule has 0 aliphatic carbocycles. The standard InChI is InChI=1S/C18H17N3O2/c1-13-12-17(18(22)19-14-6-4-3-5-7-14)20-21(13)15-8-10-16(23-2)11-9-15/h3-12H,1-2H3,(H,19,22). The van der Waals surface area contributed by atoms with Crippen LogP contribution in [0.5, 0.6) is 5.75 Å². The monoisotopic (exact) mass is 307 g/mol. The van der Waals surface area contributed by atoms with E-state index in [1.165, 1.54) is 0 Å². The van der Waals surface area contributed by atoms with Crippen LogP contribution in [-0.4, -0.2) is 22.8 Å². The Morgan fingerprint density at radius 3 is 2.43 bits per heavy atom. The molecule has 3 aromatic rings. The molecule has 116 valence electrons. The first-order valence-corrected chi connectivity index (χ1v) is 7.25. The highest BCUT2D eigenvalue weighted by Gasteiger charge is 2.13. The van der Waals surface area contributed by atoms with Gasteiger partial charge in [0.25, 0.3) is 5.91 Å². The van der Waals surface area contributed by atoms with Gasteiger partial charge in [0.05, 0.1) is 12.8 Å². The smallest absolute Gasteiger partial charge is 0.276 e. The molecule has 0 unspecified atom stereocenters. The summed E-state index contributed by atoms with van der Waals surface area (Å²) in [5.41, 5.74) is 2.88. The minimum absolute atomic E-state index is 0.230. The lowest BCUT2D eigenvalue weighted by Crippen LogP contribution is -2.13. The molecule has 2 aromatic carbocycles. The van der Waals surface area contributed by atoms with Gasteiger partial charge in [0.2, 0.25) is 0 Å². The maximum absolute atomic E-state index is 12.3. The largest absolute Gasteiger partial charge is 0.497 e. The van der Waals surface area contributed by atoms with E-state index < -0.39 is 0 Å². The Bertz CT molecular complexity index is 808. The van der Waals surface area contributed by atoms with Gasteiger partial charge >= 0.3 is 0 Å². The van der Waals surface area contributed by atoms with Crippen molar-refractivity contribution >= 4 is 11.6 Å². The number of rotatable bonds is 4. The van der Waals surface area contributed by atoms with Crippen LogP contribution in [0.4, 0.5) is 5.69 Å². The van der Waals surface area contributed by atoms with Crippen LogP contribution in [-0.2, 0) is 0 Å². The first-order chi connectivity index (χ1) is 11.2.